The van der Waals surface area contributed by atoms with Crippen LogP contribution >= 0.6 is 34.5 Å². The fraction of sp³-hybridized carbons (Fsp3) is 0.273. The Balaban J connectivity index is 2.30. The van der Waals surface area contributed by atoms with Crippen molar-refractivity contribution in [3.8, 4) is 5.82 Å². The molecule has 0 unspecified atom stereocenters. The highest BCUT2D eigenvalue weighted by Gasteiger charge is 2.18. The fourth-order valence-electron chi connectivity index (χ4n) is 1.94. The standard InChI is InChI=1S/C11H10Cl2N4S/c1-6-9(13)7(2)17(15-6)10-8(5-12)16-3-4-18-11(16)14-10/h3-4H,5H2,1-2H3. The minimum Gasteiger partial charge on any atom is -0.291 e. The number of halogens is 2. The van der Waals surface area contributed by atoms with Crippen LogP contribution < -0.4 is 0 Å². The van der Waals surface area contributed by atoms with Gasteiger partial charge >= 0.3 is 0 Å². The van der Waals surface area contributed by atoms with Crippen LogP contribution in [0.5, 0.6) is 0 Å². The van der Waals surface area contributed by atoms with E-state index in [9.17, 15) is 0 Å². The molecule has 0 bridgehead atoms. The number of hydrogen-bond donors (Lipinski definition) is 0. The van der Waals surface area contributed by atoms with Crippen LogP contribution in [0.25, 0.3) is 10.8 Å². The number of thiazole rings is 1. The van der Waals surface area contributed by atoms with Crippen molar-refractivity contribution in [3.63, 3.8) is 0 Å². The zero-order valence-electron chi connectivity index (χ0n) is 9.81. The first-order valence-electron chi connectivity index (χ1n) is 5.36. The van der Waals surface area contributed by atoms with Gasteiger partial charge in [0.15, 0.2) is 10.8 Å². The molecule has 0 N–H and O–H groups in total. The summed E-state index contributed by atoms with van der Waals surface area (Å²) in [5.74, 6) is 1.13. The molecule has 0 saturated heterocycles. The molecule has 0 aliphatic carbocycles. The van der Waals surface area contributed by atoms with E-state index in [1.165, 1.54) is 0 Å². The lowest BCUT2D eigenvalue weighted by Crippen LogP contribution is -2.03. The van der Waals surface area contributed by atoms with Crippen molar-refractivity contribution in [1.82, 2.24) is 19.2 Å². The highest BCUT2D eigenvalue weighted by Crippen LogP contribution is 2.26. The van der Waals surface area contributed by atoms with Gasteiger partial charge in [0, 0.05) is 11.6 Å². The van der Waals surface area contributed by atoms with Crippen LogP contribution in [0, 0.1) is 13.8 Å². The molecule has 0 fully saturated rings. The topological polar surface area (TPSA) is 35.1 Å². The largest absolute Gasteiger partial charge is 0.291 e. The van der Waals surface area contributed by atoms with Gasteiger partial charge in [0.1, 0.15) is 0 Å². The number of aryl methyl sites for hydroxylation is 1. The number of aromatic nitrogens is 4. The van der Waals surface area contributed by atoms with E-state index in [0.717, 1.165) is 27.9 Å². The van der Waals surface area contributed by atoms with E-state index in [0.29, 0.717) is 10.9 Å². The lowest BCUT2D eigenvalue weighted by atomic mass is 10.4. The lowest BCUT2D eigenvalue weighted by Gasteiger charge is -2.02. The molecule has 0 aliphatic rings. The van der Waals surface area contributed by atoms with Gasteiger partial charge in [0.05, 0.1) is 28.0 Å². The lowest BCUT2D eigenvalue weighted by molar-refractivity contribution is 0.803. The third kappa shape index (κ3) is 1.58. The summed E-state index contributed by atoms with van der Waals surface area (Å²) in [4.78, 5) is 5.47. The molecule has 0 radical (unpaired) electrons. The van der Waals surface area contributed by atoms with Crippen molar-refractivity contribution >= 4 is 39.5 Å². The molecule has 0 spiro atoms. The molecule has 7 heteroatoms. The molecule has 94 valence electrons. The maximum atomic E-state index is 6.17. The van der Waals surface area contributed by atoms with Crippen LogP contribution in [0.2, 0.25) is 5.02 Å². The summed E-state index contributed by atoms with van der Waals surface area (Å²) in [7, 11) is 0. The van der Waals surface area contributed by atoms with E-state index in [2.05, 4.69) is 10.1 Å². The molecule has 0 amide bonds. The molecule has 0 atom stereocenters. The van der Waals surface area contributed by atoms with Crippen LogP contribution in [-0.2, 0) is 5.88 Å². The van der Waals surface area contributed by atoms with Gasteiger partial charge in [-0.2, -0.15) is 10.1 Å². The molecule has 0 aliphatic heterocycles. The second kappa shape index (κ2) is 4.26. The third-order valence-corrected chi connectivity index (χ3v) is 4.43. The third-order valence-electron chi connectivity index (χ3n) is 2.87. The van der Waals surface area contributed by atoms with Gasteiger partial charge in [0.25, 0.3) is 0 Å². The van der Waals surface area contributed by atoms with Crippen molar-refractivity contribution in [2.45, 2.75) is 19.7 Å². The number of nitrogens with zero attached hydrogens (tertiary/aromatic N) is 4. The Labute approximate surface area is 118 Å². The fourth-order valence-corrected chi connectivity index (χ4v) is 3.04. The summed E-state index contributed by atoms with van der Waals surface area (Å²) < 4.78 is 3.74. The average molecular weight is 301 g/mol. The van der Waals surface area contributed by atoms with Gasteiger partial charge in [-0.25, -0.2) is 4.68 Å². The molecule has 18 heavy (non-hydrogen) atoms. The van der Waals surface area contributed by atoms with E-state index >= 15 is 0 Å². The molecule has 3 rings (SSSR count). The Morgan fingerprint density at radius 1 is 1.39 bits per heavy atom. The van der Waals surface area contributed by atoms with Crippen LogP contribution in [0.1, 0.15) is 17.1 Å². The SMILES string of the molecule is Cc1nn(-c2nc3sccn3c2CCl)c(C)c1Cl. The Bertz CT molecular complexity index is 725. The summed E-state index contributed by atoms with van der Waals surface area (Å²) in [5.41, 5.74) is 2.60. The first kappa shape index (κ1) is 12.0. The van der Waals surface area contributed by atoms with Gasteiger partial charge in [-0.3, -0.25) is 4.40 Å². The van der Waals surface area contributed by atoms with Gasteiger partial charge < -0.3 is 0 Å². The Kier molecular flexibility index (Phi) is 2.84. The normalized spacial score (nSPS) is 11.6. The quantitative estimate of drug-likeness (QED) is 0.678. The number of imidazole rings is 1. The molecule has 3 heterocycles. The average Bonchev–Trinajstić information content (AvgIpc) is 2.98. The van der Waals surface area contributed by atoms with Crippen LogP contribution in [0.3, 0.4) is 0 Å². The molecule has 0 aromatic carbocycles. The van der Waals surface area contributed by atoms with E-state index in [1.807, 2.05) is 29.8 Å². The van der Waals surface area contributed by atoms with Crippen molar-refractivity contribution in [1.29, 1.82) is 0 Å². The van der Waals surface area contributed by atoms with Crippen molar-refractivity contribution in [2.24, 2.45) is 0 Å². The van der Waals surface area contributed by atoms with E-state index in [4.69, 9.17) is 23.2 Å². The highest BCUT2D eigenvalue weighted by atomic mass is 35.5. The summed E-state index contributed by atoms with van der Waals surface area (Å²) in [6, 6.07) is 0. The number of hydrogen-bond acceptors (Lipinski definition) is 3. The van der Waals surface area contributed by atoms with Crippen molar-refractivity contribution in [3.05, 3.63) is 33.7 Å². The van der Waals surface area contributed by atoms with E-state index in [1.54, 1.807) is 16.0 Å². The Hall–Kier alpha value is -1.04. The Morgan fingerprint density at radius 3 is 2.78 bits per heavy atom. The zero-order chi connectivity index (χ0) is 12.9. The van der Waals surface area contributed by atoms with Gasteiger partial charge in [-0.15, -0.1) is 22.9 Å². The number of fused-ring (bicyclic) bond motifs is 1. The minimum atomic E-state index is 0.378. The van der Waals surface area contributed by atoms with Crippen molar-refractivity contribution in [2.75, 3.05) is 0 Å². The molecule has 3 aromatic rings. The minimum absolute atomic E-state index is 0.378. The highest BCUT2D eigenvalue weighted by molar-refractivity contribution is 7.15. The molecular weight excluding hydrogens is 291 g/mol. The first-order valence-corrected chi connectivity index (χ1v) is 7.15. The van der Waals surface area contributed by atoms with E-state index in [-0.39, 0.29) is 0 Å². The van der Waals surface area contributed by atoms with Gasteiger partial charge in [-0.1, -0.05) is 11.6 Å². The van der Waals surface area contributed by atoms with Crippen LogP contribution in [-0.4, -0.2) is 19.2 Å². The smallest absolute Gasteiger partial charge is 0.195 e. The molecule has 3 aromatic heterocycles. The predicted molar refractivity (Wildman–Crippen MR) is 74.2 cm³/mol. The Morgan fingerprint density at radius 2 is 2.17 bits per heavy atom. The van der Waals surface area contributed by atoms with Crippen LogP contribution in [0.4, 0.5) is 0 Å². The molecule has 4 nitrogen and oxygen atoms in total. The van der Waals surface area contributed by atoms with E-state index < -0.39 is 0 Å². The van der Waals surface area contributed by atoms with Gasteiger partial charge in [0.2, 0.25) is 0 Å². The monoisotopic (exact) mass is 300 g/mol. The summed E-state index contributed by atoms with van der Waals surface area (Å²) >= 11 is 13.8. The second-order valence-corrected chi connectivity index (χ2v) is 5.49. The van der Waals surface area contributed by atoms with Gasteiger partial charge in [-0.05, 0) is 13.8 Å². The maximum absolute atomic E-state index is 6.17. The first-order chi connectivity index (χ1) is 8.63. The summed E-state index contributed by atoms with van der Waals surface area (Å²) in [6.07, 6.45) is 1.96. The number of alkyl halides is 1. The molecular formula is C11H10Cl2N4S. The summed E-state index contributed by atoms with van der Waals surface area (Å²) in [6.45, 7) is 3.80. The van der Waals surface area contributed by atoms with Crippen LogP contribution in [0.15, 0.2) is 11.6 Å². The maximum Gasteiger partial charge on any atom is 0.195 e. The predicted octanol–water partition coefficient (Wildman–Crippen LogP) is 3.59. The molecule has 0 saturated carbocycles. The zero-order valence-corrected chi connectivity index (χ0v) is 12.1. The van der Waals surface area contributed by atoms with Crippen molar-refractivity contribution < 1.29 is 0 Å². The second-order valence-electron chi connectivity index (χ2n) is 3.97. The number of rotatable bonds is 2. The summed E-state index contributed by atoms with van der Waals surface area (Å²) in [5, 5.41) is 7.07.